The van der Waals surface area contributed by atoms with Gasteiger partial charge in [0.1, 0.15) is 5.75 Å². The SMILES string of the molecule is Oc1c(Br)c2c(c3ccccc13)CCCC2. The summed E-state index contributed by atoms with van der Waals surface area (Å²) in [6.45, 7) is 0. The predicted octanol–water partition coefficient (Wildman–Crippen LogP) is 4.19. The fourth-order valence-electron chi connectivity index (χ4n) is 2.66. The molecule has 82 valence electrons. The molecule has 1 N–H and O–H groups in total. The second-order valence-corrected chi connectivity index (χ2v) is 5.17. The largest absolute Gasteiger partial charge is 0.506 e. The van der Waals surface area contributed by atoms with Crippen LogP contribution in [-0.4, -0.2) is 5.11 Å². The molecule has 1 nitrogen and oxygen atoms in total. The van der Waals surface area contributed by atoms with Gasteiger partial charge < -0.3 is 5.11 Å². The average molecular weight is 277 g/mol. The Kier molecular flexibility index (Phi) is 2.40. The Morgan fingerprint density at radius 3 is 2.31 bits per heavy atom. The van der Waals surface area contributed by atoms with Crippen LogP contribution in [0.4, 0.5) is 0 Å². The highest BCUT2D eigenvalue weighted by Gasteiger charge is 2.19. The number of phenolic OH excluding ortho intramolecular Hbond substituents is 1. The van der Waals surface area contributed by atoms with E-state index in [0.29, 0.717) is 5.75 Å². The van der Waals surface area contributed by atoms with E-state index >= 15 is 0 Å². The van der Waals surface area contributed by atoms with Crippen LogP contribution in [0.5, 0.6) is 5.75 Å². The Balaban J connectivity index is 2.45. The molecule has 1 aliphatic rings. The van der Waals surface area contributed by atoms with Gasteiger partial charge in [-0.1, -0.05) is 24.3 Å². The number of rotatable bonds is 0. The normalized spacial score (nSPS) is 15.1. The van der Waals surface area contributed by atoms with Gasteiger partial charge in [-0.2, -0.15) is 0 Å². The van der Waals surface area contributed by atoms with Crippen LogP contribution in [-0.2, 0) is 12.8 Å². The number of phenols is 1. The minimum absolute atomic E-state index is 0.399. The molecule has 16 heavy (non-hydrogen) atoms. The molecule has 0 fully saturated rings. The van der Waals surface area contributed by atoms with E-state index in [-0.39, 0.29) is 0 Å². The minimum atomic E-state index is 0.399. The van der Waals surface area contributed by atoms with Gasteiger partial charge in [0, 0.05) is 5.39 Å². The minimum Gasteiger partial charge on any atom is -0.506 e. The number of aromatic hydroxyl groups is 1. The molecule has 0 atom stereocenters. The number of hydrogen-bond donors (Lipinski definition) is 1. The van der Waals surface area contributed by atoms with Gasteiger partial charge >= 0.3 is 0 Å². The van der Waals surface area contributed by atoms with Crippen LogP contribution >= 0.6 is 15.9 Å². The maximum Gasteiger partial charge on any atom is 0.137 e. The quantitative estimate of drug-likeness (QED) is 0.765. The van der Waals surface area contributed by atoms with Crippen LogP contribution < -0.4 is 0 Å². The Bertz CT molecular complexity index is 560. The summed E-state index contributed by atoms with van der Waals surface area (Å²) >= 11 is 3.54. The molecular weight excluding hydrogens is 264 g/mol. The lowest BCUT2D eigenvalue weighted by Gasteiger charge is -2.20. The van der Waals surface area contributed by atoms with Crippen molar-refractivity contribution in [3.05, 3.63) is 39.9 Å². The molecule has 1 aliphatic carbocycles. The summed E-state index contributed by atoms with van der Waals surface area (Å²) in [6.07, 6.45) is 4.70. The number of hydrogen-bond acceptors (Lipinski definition) is 1. The molecule has 2 heteroatoms. The summed E-state index contributed by atoms with van der Waals surface area (Å²) in [5.41, 5.74) is 2.73. The lowest BCUT2D eigenvalue weighted by atomic mass is 9.87. The number of benzene rings is 2. The molecule has 0 heterocycles. The van der Waals surface area contributed by atoms with Crippen LogP contribution in [0.25, 0.3) is 10.8 Å². The van der Waals surface area contributed by atoms with Crippen molar-refractivity contribution in [2.75, 3.05) is 0 Å². The highest BCUT2D eigenvalue weighted by Crippen LogP contribution is 2.41. The first kappa shape index (κ1) is 10.2. The molecular formula is C14H13BrO. The molecule has 2 aromatic rings. The number of halogens is 1. The maximum absolute atomic E-state index is 10.2. The Hall–Kier alpha value is -1.02. The van der Waals surface area contributed by atoms with Gasteiger partial charge in [-0.15, -0.1) is 0 Å². The highest BCUT2D eigenvalue weighted by molar-refractivity contribution is 9.10. The van der Waals surface area contributed by atoms with Crippen LogP contribution in [0.2, 0.25) is 0 Å². The smallest absolute Gasteiger partial charge is 0.137 e. The molecule has 0 amide bonds. The zero-order chi connectivity index (χ0) is 11.1. The predicted molar refractivity (Wildman–Crippen MR) is 70.0 cm³/mol. The van der Waals surface area contributed by atoms with Gasteiger partial charge in [0.15, 0.2) is 0 Å². The highest BCUT2D eigenvalue weighted by atomic mass is 79.9. The topological polar surface area (TPSA) is 20.2 Å². The van der Waals surface area contributed by atoms with E-state index in [1.54, 1.807) is 0 Å². The molecule has 0 aliphatic heterocycles. The van der Waals surface area contributed by atoms with E-state index in [2.05, 4.69) is 22.0 Å². The van der Waals surface area contributed by atoms with E-state index in [0.717, 1.165) is 22.7 Å². The molecule has 0 saturated carbocycles. The summed E-state index contributed by atoms with van der Waals surface area (Å²) in [5.74, 6) is 0.399. The fourth-order valence-corrected chi connectivity index (χ4v) is 3.31. The molecule has 3 rings (SSSR count). The van der Waals surface area contributed by atoms with Gasteiger partial charge in [0.05, 0.1) is 4.47 Å². The summed E-state index contributed by atoms with van der Waals surface area (Å²) in [7, 11) is 0. The summed E-state index contributed by atoms with van der Waals surface area (Å²) < 4.78 is 0.904. The van der Waals surface area contributed by atoms with Crippen molar-refractivity contribution in [1.82, 2.24) is 0 Å². The van der Waals surface area contributed by atoms with E-state index in [9.17, 15) is 5.11 Å². The molecule has 0 radical (unpaired) electrons. The maximum atomic E-state index is 10.2. The Labute approximate surface area is 103 Å². The average Bonchev–Trinajstić information content (AvgIpc) is 2.36. The summed E-state index contributed by atoms with van der Waals surface area (Å²) in [6, 6.07) is 8.13. The molecule has 0 unspecified atom stereocenters. The van der Waals surface area contributed by atoms with Gasteiger partial charge in [-0.3, -0.25) is 0 Å². The summed E-state index contributed by atoms with van der Waals surface area (Å²) in [5, 5.41) is 12.4. The van der Waals surface area contributed by atoms with Crippen LogP contribution in [0.15, 0.2) is 28.7 Å². The van der Waals surface area contributed by atoms with Gasteiger partial charge in [-0.25, -0.2) is 0 Å². The van der Waals surface area contributed by atoms with Crippen molar-refractivity contribution < 1.29 is 5.11 Å². The van der Waals surface area contributed by atoms with Crippen molar-refractivity contribution in [2.45, 2.75) is 25.7 Å². The summed E-state index contributed by atoms with van der Waals surface area (Å²) in [4.78, 5) is 0. The molecule has 0 aromatic heterocycles. The second-order valence-electron chi connectivity index (χ2n) is 4.37. The third-order valence-corrected chi connectivity index (χ3v) is 4.30. The van der Waals surface area contributed by atoms with Gasteiger partial charge in [0.25, 0.3) is 0 Å². The monoisotopic (exact) mass is 276 g/mol. The van der Waals surface area contributed by atoms with Gasteiger partial charge in [0.2, 0.25) is 0 Å². The van der Waals surface area contributed by atoms with E-state index in [1.807, 2.05) is 18.2 Å². The third-order valence-electron chi connectivity index (χ3n) is 3.45. The van der Waals surface area contributed by atoms with E-state index in [1.165, 1.54) is 29.4 Å². The number of aryl methyl sites for hydroxylation is 1. The van der Waals surface area contributed by atoms with Crippen LogP contribution in [0, 0.1) is 0 Å². The van der Waals surface area contributed by atoms with Crippen molar-refractivity contribution in [1.29, 1.82) is 0 Å². The fraction of sp³-hybridized carbons (Fsp3) is 0.286. The van der Waals surface area contributed by atoms with Crippen molar-refractivity contribution in [2.24, 2.45) is 0 Å². The van der Waals surface area contributed by atoms with Crippen molar-refractivity contribution in [3.63, 3.8) is 0 Å². The Morgan fingerprint density at radius 1 is 0.938 bits per heavy atom. The van der Waals surface area contributed by atoms with Crippen molar-refractivity contribution in [3.8, 4) is 5.75 Å². The van der Waals surface area contributed by atoms with E-state index in [4.69, 9.17) is 0 Å². The third kappa shape index (κ3) is 1.36. The molecule has 0 spiro atoms. The lowest BCUT2D eigenvalue weighted by molar-refractivity contribution is 0.476. The standard InChI is InChI=1S/C14H13BrO/c15-13-11-7-3-1-5-9(11)10-6-2-4-8-12(10)14(13)16/h2,4,6,8,16H,1,3,5,7H2. The first-order chi connectivity index (χ1) is 7.79. The Morgan fingerprint density at radius 2 is 1.56 bits per heavy atom. The first-order valence-electron chi connectivity index (χ1n) is 5.70. The zero-order valence-electron chi connectivity index (χ0n) is 8.96. The van der Waals surface area contributed by atoms with Crippen LogP contribution in [0.3, 0.4) is 0 Å². The van der Waals surface area contributed by atoms with Crippen molar-refractivity contribution >= 4 is 26.7 Å². The first-order valence-corrected chi connectivity index (χ1v) is 6.49. The zero-order valence-corrected chi connectivity index (χ0v) is 10.5. The lowest BCUT2D eigenvalue weighted by Crippen LogP contribution is -2.04. The molecule has 0 saturated heterocycles. The number of fused-ring (bicyclic) bond motifs is 3. The second kappa shape index (κ2) is 3.77. The van der Waals surface area contributed by atoms with E-state index < -0.39 is 0 Å². The van der Waals surface area contributed by atoms with Crippen LogP contribution in [0.1, 0.15) is 24.0 Å². The molecule has 0 bridgehead atoms. The van der Waals surface area contributed by atoms with Gasteiger partial charge in [-0.05, 0) is 58.1 Å². The molecule has 2 aromatic carbocycles.